The first kappa shape index (κ1) is 13.4. The zero-order valence-electron chi connectivity index (χ0n) is 11.0. The topological polar surface area (TPSA) is 12.5 Å². The minimum atomic E-state index is -0.612. The molecule has 0 spiro atoms. The number of hydrogen-bond donors (Lipinski definition) is 0. The molecule has 0 bridgehead atoms. The highest BCUT2D eigenvalue weighted by Gasteiger charge is 2.40. The molecule has 2 rings (SSSR count). The van der Waals surface area contributed by atoms with Crippen LogP contribution in [0.15, 0.2) is 18.2 Å². The maximum absolute atomic E-state index is 14.0. The van der Waals surface area contributed by atoms with Crippen LogP contribution in [0.2, 0.25) is 0 Å². The lowest BCUT2D eigenvalue weighted by Gasteiger charge is -2.47. The van der Waals surface area contributed by atoms with Crippen LogP contribution in [-0.4, -0.2) is 30.7 Å². The fourth-order valence-electron chi connectivity index (χ4n) is 2.73. The highest BCUT2D eigenvalue weighted by atomic mass is 19.1. The average Bonchev–Trinajstić information content (AvgIpc) is 2.32. The average molecular weight is 255 g/mol. The highest BCUT2D eigenvalue weighted by Crippen LogP contribution is 2.34. The van der Waals surface area contributed by atoms with Crippen LogP contribution in [0.25, 0.3) is 0 Å². The minimum absolute atomic E-state index is 0.251. The predicted molar refractivity (Wildman–Crippen MR) is 66.4 cm³/mol. The van der Waals surface area contributed by atoms with Crippen LogP contribution in [0.4, 0.5) is 8.78 Å². The number of benzene rings is 1. The molecule has 4 heteroatoms. The lowest BCUT2D eigenvalue weighted by atomic mass is 9.88. The largest absolute Gasteiger partial charge is 0.378 e. The number of ether oxygens (including phenoxy) is 1. The lowest BCUT2D eigenvalue weighted by molar-refractivity contribution is -0.0798. The second kappa shape index (κ2) is 4.94. The van der Waals surface area contributed by atoms with E-state index in [1.807, 2.05) is 6.92 Å². The quantitative estimate of drug-likeness (QED) is 0.805. The molecule has 1 saturated heterocycles. The Kier molecular flexibility index (Phi) is 3.69. The van der Waals surface area contributed by atoms with Gasteiger partial charge >= 0.3 is 0 Å². The van der Waals surface area contributed by atoms with Gasteiger partial charge in [-0.25, -0.2) is 8.78 Å². The van der Waals surface area contributed by atoms with E-state index < -0.39 is 11.4 Å². The van der Waals surface area contributed by atoms with Gasteiger partial charge in [0.05, 0.1) is 18.8 Å². The molecule has 1 aliphatic rings. The normalized spacial score (nSPS) is 25.7. The summed E-state index contributed by atoms with van der Waals surface area (Å²) in [6, 6.07) is 3.86. The molecule has 1 aromatic rings. The molecular weight excluding hydrogens is 236 g/mol. The monoisotopic (exact) mass is 255 g/mol. The van der Waals surface area contributed by atoms with E-state index in [-0.39, 0.29) is 11.9 Å². The Morgan fingerprint density at radius 2 is 2.06 bits per heavy atom. The van der Waals surface area contributed by atoms with Gasteiger partial charge in [0.1, 0.15) is 11.6 Å². The fourth-order valence-corrected chi connectivity index (χ4v) is 2.73. The fraction of sp³-hybridized carbons (Fsp3) is 0.571. The summed E-state index contributed by atoms with van der Waals surface area (Å²) in [6.07, 6.45) is 0. The lowest BCUT2D eigenvalue weighted by Crippen LogP contribution is -2.55. The highest BCUT2D eigenvalue weighted by molar-refractivity contribution is 5.27. The Labute approximate surface area is 107 Å². The third-order valence-electron chi connectivity index (χ3n) is 3.63. The van der Waals surface area contributed by atoms with Crippen molar-refractivity contribution in [3.63, 3.8) is 0 Å². The first-order valence-electron chi connectivity index (χ1n) is 6.25. The third kappa shape index (κ3) is 2.27. The van der Waals surface area contributed by atoms with Crippen LogP contribution in [0.5, 0.6) is 0 Å². The molecule has 0 radical (unpaired) electrons. The molecule has 1 unspecified atom stereocenters. The van der Waals surface area contributed by atoms with Crippen molar-refractivity contribution < 1.29 is 13.5 Å². The third-order valence-corrected chi connectivity index (χ3v) is 3.63. The van der Waals surface area contributed by atoms with Crippen molar-refractivity contribution in [2.24, 2.45) is 0 Å². The van der Waals surface area contributed by atoms with Gasteiger partial charge in [-0.2, -0.15) is 0 Å². The van der Waals surface area contributed by atoms with E-state index in [1.165, 1.54) is 12.1 Å². The van der Waals surface area contributed by atoms with E-state index >= 15 is 0 Å². The molecule has 0 N–H and O–H groups in total. The van der Waals surface area contributed by atoms with Gasteiger partial charge in [-0.15, -0.1) is 0 Å². The summed E-state index contributed by atoms with van der Waals surface area (Å²) in [5.74, 6) is -0.794. The molecule has 0 saturated carbocycles. The predicted octanol–water partition coefficient (Wildman–Crippen LogP) is 2.92. The molecule has 0 aromatic heterocycles. The van der Waals surface area contributed by atoms with Gasteiger partial charge in [0.2, 0.25) is 0 Å². The maximum Gasteiger partial charge on any atom is 0.128 e. The van der Waals surface area contributed by atoms with Crippen LogP contribution in [0.1, 0.15) is 26.3 Å². The molecule has 0 amide bonds. The molecular formula is C14H19F2NO. The Morgan fingerprint density at radius 1 is 1.33 bits per heavy atom. The van der Waals surface area contributed by atoms with Crippen molar-refractivity contribution >= 4 is 0 Å². The van der Waals surface area contributed by atoms with Crippen molar-refractivity contribution in [2.45, 2.75) is 32.4 Å². The second-order valence-corrected chi connectivity index (χ2v) is 5.24. The summed E-state index contributed by atoms with van der Waals surface area (Å²) >= 11 is 0. The number of halogens is 2. The van der Waals surface area contributed by atoms with Gasteiger partial charge < -0.3 is 4.74 Å². The van der Waals surface area contributed by atoms with E-state index in [0.29, 0.717) is 18.8 Å². The van der Waals surface area contributed by atoms with Crippen LogP contribution in [-0.2, 0) is 10.3 Å². The van der Waals surface area contributed by atoms with Gasteiger partial charge in [0, 0.05) is 18.2 Å². The van der Waals surface area contributed by atoms with E-state index in [2.05, 4.69) is 18.7 Å². The van der Waals surface area contributed by atoms with Crippen molar-refractivity contribution in [3.8, 4) is 0 Å². The summed E-state index contributed by atoms with van der Waals surface area (Å²) in [6.45, 7) is 7.76. The van der Waals surface area contributed by atoms with Crippen LogP contribution in [0.3, 0.4) is 0 Å². The molecule has 0 aliphatic carbocycles. The van der Waals surface area contributed by atoms with Crippen LogP contribution >= 0.6 is 0 Å². The summed E-state index contributed by atoms with van der Waals surface area (Å²) in [7, 11) is 0. The Morgan fingerprint density at radius 3 is 2.72 bits per heavy atom. The SMILES string of the molecule is CC(C)N1CCOCC1(C)c1cc(F)ccc1F. The first-order chi connectivity index (χ1) is 8.45. The molecule has 1 aliphatic heterocycles. The molecule has 100 valence electrons. The van der Waals surface area contributed by atoms with E-state index in [9.17, 15) is 8.78 Å². The first-order valence-corrected chi connectivity index (χ1v) is 6.25. The zero-order valence-corrected chi connectivity index (χ0v) is 11.0. The van der Waals surface area contributed by atoms with Crippen molar-refractivity contribution in [1.82, 2.24) is 4.90 Å². The minimum Gasteiger partial charge on any atom is -0.378 e. The Hall–Kier alpha value is -1.00. The molecule has 1 fully saturated rings. The zero-order chi connectivity index (χ0) is 13.3. The van der Waals surface area contributed by atoms with Crippen LogP contribution in [0, 0.1) is 11.6 Å². The molecule has 2 nitrogen and oxygen atoms in total. The van der Waals surface area contributed by atoms with Crippen molar-refractivity contribution in [1.29, 1.82) is 0 Å². The van der Waals surface area contributed by atoms with E-state index in [0.717, 1.165) is 12.6 Å². The van der Waals surface area contributed by atoms with Crippen molar-refractivity contribution in [3.05, 3.63) is 35.4 Å². The Balaban J connectivity index is 2.46. The van der Waals surface area contributed by atoms with Gasteiger partial charge in [0.15, 0.2) is 0 Å². The number of rotatable bonds is 2. The van der Waals surface area contributed by atoms with Crippen molar-refractivity contribution in [2.75, 3.05) is 19.8 Å². The van der Waals surface area contributed by atoms with Gasteiger partial charge in [-0.3, -0.25) is 4.90 Å². The summed E-state index contributed by atoms with van der Waals surface area (Å²) in [4.78, 5) is 2.16. The van der Waals surface area contributed by atoms with Gasteiger partial charge in [-0.1, -0.05) is 0 Å². The second-order valence-electron chi connectivity index (χ2n) is 5.24. The summed E-state index contributed by atoms with van der Waals surface area (Å²) < 4.78 is 32.8. The van der Waals surface area contributed by atoms with Crippen LogP contribution < -0.4 is 0 Å². The smallest absolute Gasteiger partial charge is 0.128 e. The summed E-state index contributed by atoms with van der Waals surface area (Å²) in [5.41, 5.74) is -0.241. The molecule has 18 heavy (non-hydrogen) atoms. The van der Waals surface area contributed by atoms with E-state index in [1.54, 1.807) is 0 Å². The number of nitrogens with zero attached hydrogens (tertiary/aromatic N) is 1. The summed E-state index contributed by atoms with van der Waals surface area (Å²) in [5, 5.41) is 0. The van der Waals surface area contributed by atoms with Gasteiger partial charge in [-0.05, 0) is 39.0 Å². The standard InChI is InChI=1S/C14H19F2NO/c1-10(2)17-6-7-18-9-14(17,3)12-8-11(15)4-5-13(12)16/h4-5,8,10H,6-7,9H2,1-3H3. The van der Waals surface area contributed by atoms with E-state index in [4.69, 9.17) is 4.74 Å². The maximum atomic E-state index is 14.0. The number of hydrogen-bond acceptors (Lipinski definition) is 2. The molecule has 1 heterocycles. The molecule has 1 atom stereocenters. The molecule has 1 aromatic carbocycles. The Bertz CT molecular complexity index is 436. The van der Waals surface area contributed by atoms with Gasteiger partial charge in [0.25, 0.3) is 0 Å². The number of morpholine rings is 1.